The molecule has 5 heterocycles. The second kappa shape index (κ2) is 8.49. The molecule has 2 aliphatic rings. The molecule has 0 unspecified atom stereocenters. The highest BCUT2D eigenvalue weighted by Gasteiger charge is 2.24. The predicted octanol–water partition coefficient (Wildman–Crippen LogP) is 1.48. The molecule has 2 aliphatic heterocycles. The largest absolute Gasteiger partial charge is 0.381 e. The summed E-state index contributed by atoms with van der Waals surface area (Å²) in [5.41, 5.74) is 1.82. The lowest BCUT2D eigenvalue weighted by atomic mass is 10.0. The van der Waals surface area contributed by atoms with Gasteiger partial charge in [-0.25, -0.2) is 4.98 Å². The van der Waals surface area contributed by atoms with Crippen molar-refractivity contribution in [3.8, 4) is 11.3 Å². The molecule has 0 bridgehead atoms. The van der Waals surface area contributed by atoms with Crippen LogP contribution in [0.4, 0.5) is 5.82 Å². The molecule has 0 radical (unpaired) electrons. The number of hydrogen-bond donors (Lipinski definition) is 0. The smallest absolute Gasteiger partial charge is 0.229 e. The number of aryl methyl sites for hydroxylation is 1. The van der Waals surface area contributed by atoms with Crippen molar-refractivity contribution >= 4 is 5.82 Å². The van der Waals surface area contributed by atoms with Gasteiger partial charge in [0, 0.05) is 64.1 Å². The van der Waals surface area contributed by atoms with E-state index in [0.717, 1.165) is 81.0 Å². The summed E-state index contributed by atoms with van der Waals surface area (Å²) < 4.78 is 12.7. The van der Waals surface area contributed by atoms with Crippen LogP contribution in [0, 0.1) is 0 Å². The lowest BCUT2D eigenvalue weighted by Gasteiger charge is -2.34. The van der Waals surface area contributed by atoms with Crippen molar-refractivity contribution in [2.45, 2.75) is 25.3 Å². The summed E-state index contributed by atoms with van der Waals surface area (Å²) in [5.74, 6) is 2.76. The van der Waals surface area contributed by atoms with Crippen molar-refractivity contribution in [1.29, 1.82) is 0 Å². The van der Waals surface area contributed by atoms with Crippen LogP contribution in [0.3, 0.4) is 0 Å². The molecule has 158 valence electrons. The molecular weight excluding hydrogens is 384 g/mol. The molecule has 0 atom stereocenters. The summed E-state index contributed by atoms with van der Waals surface area (Å²) in [6.45, 7) is 5.86. The maximum atomic E-state index is 5.51. The van der Waals surface area contributed by atoms with E-state index in [4.69, 9.17) is 14.2 Å². The van der Waals surface area contributed by atoms with E-state index in [2.05, 4.69) is 30.0 Å². The number of piperazine rings is 1. The van der Waals surface area contributed by atoms with Crippen LogP contribution in [-0.2, 0) is 18.3 Å². The monoisotopic (exact) mass is 410 g/mol. The molecule has 0 N–H and O–H groups in total. The summed E-state index contributed by atoms with van der Waals surface area (Å²) in [5, 5.41) is 8.42. The van der Waals surface area contributed by atoms with Crippen molar-refractivity contribution in [3.05, 3.63) is 36.5 Å². The first-order valence-corrected chi connectivity index (χ1v) is 10.4. The molecule has 3 aromatic heterocycles. The zero-order valence-corrected chi connectivity index (χ0v) is 17.1. The molecule has 0 amide bonds. The number of anilines is 1. The number of rotatable bonds is 5. The average molecular weight is 410 g/mol. The molecule has 3 aromatic rings. The third-order valence-electron chi connectivity index (χ3n) is 5.74. The molecular formula is C20H26N8O2. The Morgan fingerprint density at radius 3 is 2.63 bits per heavy atom. The van der Waals surface area contributed by atoms with Crippen molar-refractivity contribution in [2.24, 2.45) is 7.05 Å². The molecule has 0 aromatic carbocycles. The fourth-order valence-corrected chi connectivity index (χ4v) is 3.98. The van der Waals surface area contributed by atoms with Gasteiger partial charge in [0.05, 0.1) is 30.8 Å². The highest BCUT2D eigenvalue weighted by molar-refractivity contribution is 5.58. The second-order valence-corrected chi connectivity index (χ2v) is 7.86. The second-order valence-electron chi connectivity index (χ2n) is 7.86. The molecule has 0 spiro atoms. The summed E-state index contributed by atoms with van der Waals surface area (Å²) >= 11 is 0. The van der Waals surface area contributed by atoms with Gasteiger partial charge in [-0.3, -0.25) is 14.6 Å². The molecule has 2 fully saturated rings. The van der Waals surface area contributed by atoms with Crippen LogP contribution in [0.25, 0.3) is 11.3 Å². The van der Waals surface area contributed by atoms with Crippen LogP contribution in [0.2, 0.25) is 0 Å². The number of hydrogen-bond acceptors (Lipinski definition) is 9. The third-order valence-corrected chi connectivity index (χ3v) is 5.74. The van der Waals surface area contributed by atoms with Crippen LogP contribution in [0.5, 0.6) is 0 Å². The number of aromatic nitrogens is 6. The van der Waals surface area contributed by atoms with E-state index < -0.39 is 0 Å². The SMILES string of the molecule is Cn1cc(-c2cncc(N3CCN(Cc4noc(C5CCOCC5)n4)CC3)n2)cn1. The van der Waals surface area contributed by atoms with Gasteiger partial charge >= 0.3 is 0 Å². The fraction of sp³-hybridized carbons (Fsp3) is 0.550. The van der Waals surface area contributed by atoms with Gasteiger partial charge in [-0.1, -0.05) is 5.16 Å². The van der Waals surface area contributed by atoms with Crippen molar-refractivity contribution in [1.82, 2.24) is 34.8 Å². The standard InChI is InChI=1S/C20H26N8O2/c1-26-13-16(10-22-26)17-11-21-12-19(23-17)28-6-4-27(5-7-28)14-18-24-20(30-25-18)15-2-8-29-9-3-15/h10-13,15H,2-9,14H2,1H3. The Balaban J connectivity index is 1.17. The first-order valence-electron chi connectivity index (χ1n) is 10.4. The minimum atomic E-state index is 0.336. The van der Waals surface area contributed by atoms with Gasteiger partial charge in [0.1, 0.15) is 5.82 Å². The van der Waals surface area contributed by atoms with E-state index in [1.807, 2.05) is 25.6 Å². The van der Waals surface area contributed by atoms with Gasteiger partial charge < -0.3 is 14.2 Å². The van der Waals surface area contributed by atoms with Crippen LogP contribution in [-0.4, -0.2) is 74.2 Å². The van der Waals surface area contributed by atoms with Crippen LogP contribution in [0.1, 0.15) is 30.5 Å². The Kier molecular flexibility index (Phi) is 5.41. The van der Waals surface area contributed by atoms with E-state index in [-0.39, 0.29) is 0 Å². The summed E-state index contributed by atoms with van der Waals surface area (Å²) in [4.78, 5) is 18.4. The van der Waals surface area contributed by atoms with Gasteiger partial charge in [-0.2, -0.15) is 10.1 Å². The zero-order chi connectivity index (χ0) is 20.3. The van der Waals surface area contributed by atoms with E-state index in [1.54, 1.807) is 10.9 Å². The third kappa shape index (κ3) is 4.19. The maximum absolute atomic E-state index is 5.51. The molecule has 10 heteroatoms. The van der Waals surface area contributed by atoms with Gasteiger partial charge in [-0.05, 0) is 12.8 Å². The first-order chi connectivity index (χ1) is 14.7. The Labute approximate surface area is 174 Å². The van der Waals surface area contributed by atoms with E-state index in [9.17, 15) is 0 Å². The van der Waals surface area contributed by atoms with Gasteiger partial charge in [0.15, 0.2) is 5.82 Å². The number of ether oxygens (including phenoxy) is 1. The minimum Gasteiger partial charge on any atom is -0.381 e. The Bertz CT molecular complexity index is 973. The Morgan fingerprint density at radius 2 is 1.87 bits per heavy atom. The fourth-order valence-electron chi connectivity index (χ4n) is 3.98. The molecule has 2 saturated heterocycles. The van der Waals surface area contributed by atoms with Gasteiger partial charge in [-0.15, -0.1) is 0 Å². The van der Waals surface area contributed by atoms with E-state index in [1.165, 1.54) is 0 Å². The molecule has 10 nitrogen and oxygen atoms in total. The molecule has 30 heavy (non-hydrogen) atoms. The van der Waals surface area contributed by atoms with Crippen molar-refractivity contribution < 1.29 is 9.26 Å². The summed E-state index contributed by atoms with van der Waals surface area (Å²) in [7, 11) is 1.90. The number of nitrogens with zero attached hydrogens (tertiary/aromatic N) is 8. The molecule has 0 aliphatic carbocycles. The lowest BCUT2D eigenvalue weighted by molar-refractivity contribution is 0.0778. The van der Waals surface area contributed by atoms with Crippen LogP contribution < -0.4 is 4.90 Å². The van der Waals surface area contributed by atoms with Gasteiger partial charge in [0.2, 0.25) is 5.89 Å². The van der Waals surface area contributed by atoms with E-state index >= 15 is 0 Å². The molecule has 5 rings (SSSR count). The summed E-state index contributed by atoms with van der Waals surface area (Å²) in [6.07, 6.45) is 9.29. The Hall–Kier alpha value is -2.85. The quantitative estimate of drug-likeness (QED) is 0.619. The van der Waals surface area contributed by atoms with E-state index in [0.29, 0.717) is 12.5 Å². The normalized spacial score (nSPS) is 18.8. The lowest BCUT2D eigenvalue weighted by Crippen LogP contribution is -2.46. The predicted molar refractivity (Wildman–Crippen MR) is 109 cm³/mol. The molecule has 0 saturated carbocycles. The highest BCUT2D eigenvalue weighted by atomic mass is 16.5. The average Bonchev–Trinajstić information content (AvgIpc) is 3.44. The minimum absolute atomic E-state index is 0.336. The first kappa shape index (κ1) is 19.1. The van der Waals surface area contributed by atoms with Crippen molar-refractivity contribution in [3.63, 3.8) is 0 Å². The zero-order valence-electron chi connectivity index (χ0n) is 17.1. The maximum Gasteiger partial charge on any atom is 0.229 e. The van der Waals surface area contributed by atoms with Crippen LogP contribution >= 0.6 is 0 Å². The van der Waals surface area contributed by atoms with Gasteiger partial charge in [0.25, 0.3) is 0 Å². The summed E-state index contributed by atoms with van der Waals surface area (Å²) in [6, 6.07) is 0. The highest BCUT2D eigenvalue weighted by Crippen LogP contribution is 2.25. The van der Waals surface area contributed by atoms with Crippen LogP contribution in [0.15, 0.2) is 29.3 Å². The van der Waals surface area contributed by atoms with Crippen molar-refractivity contribution in [2.75, 3.05) is 44.3 Å². The topological polar surface area (TPSA) is 98.2 Å². The Morgan fingerprint density at radius 1 is 1.03 bits per heavy atom.